The lowest BCUT2D eigenvalue weighted by molar-refractivity contribution is 0.0526. The van der Waals surface area contributed by atoms with Crippen LogP contribution in [0.15, 0.2) is 65.3 Å². The van der Waals surface area contributed by atoms with Crippen LogP contribution in [0.2, 0.25) is 0 Å². The summed E-state index contributed by atoms with van der Waals surface area (Å²) in [6.07, 6.45) is 1.56. The highest BCUT2D eigenvalue weighted by molar-refractivity contribution is 6.12. The highest BCUT2D eigenvalue weighted by Gasteiger charge is 2.45. The van der Waals surface area contributed by atoms with Crippen LogP contribution in [0.3, 0.4) is 0 Å². The molecular formula is C26H23N3O6. The zero-order valence-electron chi connectivity index (χ0n) is 19.4. The van der Waals surface area contributed by atoms with Crippen molar-refractivity contribution in [1.29, 1.82) is 0 Å². The minimum atomic E-state index is -0.578. The van der Waals surface area contributed by atoms with E-state index in [1.54, 1.807) is 74.8 Å². The minimum Gasteiger partial charge on any atom is -0.497 e. The first kappa shape index (κ1) is 22.3. The summed E-state index contributed by atoms with van der Waals surface area (Å²) in [5, 5.41) is 7.29. The van der Waals surface area contributed by atoms with Gasteiger partial charge in [-0.2, -0.15) is 5.10 Å². The van der Waals surface area contributed by atoms with Gasteiger partial charge in [-0.15, -0.1) is 0 Å². The fourth-order valence-corrected chi connectivity index (χ4v) is 4.33. The van der Waals surface area contributed by atoms with Crippen molar-refractivity contribution in [2.24, 2.45) is 0 Å². The Balaban J connectivity index is 1.67. The summed E-state index contributed by atoms with van der Waals surface area (Å²) >= 11 is 0. The predicted molar refractivity (Wildman–Crippen MR) is 127 cm³/mol. The van der Waals surface area contributed by atoms with Crippen LogP contribution in [-0.4, -0.2) is 42.9 Å². The number of aromatic nitrogens is 2. The first-order valence-electron chi connectivity index (χ1n) is 11.0. The van der Waals surface area contributed by atoms with E-state index in [-0.39, 0.29) is 18.2 Å². The van der Waals surface area contributed by atoms with Gasteiger partial charge in [0.15, 0.2) is 11.5 Å². The Morgan fingerprint density at radius 1 is 1.11 bits per heavy atom. The second-order valence-electron chi connectivity index (χ2n) is 7.79. The van der Waals surface area contributed by atoms with Gasteiger partial charge in [-0.25, -0.2) is 4.79 Å². The van der Waals surface area contributed by atoms with Gasteiger partial charge in [-0.05, 0) is 55.5 Å². The molecule has 0 fully saturated rings. The number of amides is 1. The van der Waals surface area contributed by atoms with Gasteiger partial charge in [0.1, 0.15) is 17.2 Å². The molecule has 9 nitrogen and oxygen atoms in total. The molecule has 0 spiro atoms. The van der Waals surface area contributed by atoms with E-state index >= 15 is 0 Å². The number of fused-ring (bicyclic) bond motifs is 1. The smallest absolute Gasteiger partial charge is 0.338 e. The molecule has 0 bridgehead atoms. The van der Waals surface area contributed by atoms with Crippen LogP contribution >= 0.6 is 0 Å². The number of H-pyrrole nitrogens is 1. The average molecular weight is 473 g/mol. The number of rotatable bonds is 7. The van der Waals surface area contributed by atoms with E-state index in [0.717, 1.165) is 5.56 Å². The van der Waals surface area contributed by atoms with E-state index < -0.39 is 12.0 Å². The average Bonchev–Trinajstić information content (AvgIpc) is 3.62. The third-order valence-electron chi connectivity index (χ3n) is 5.92. The molecule has 0 saturated heterocycles. The van der Waals surface area contributed by atoms with Gasteiger partial charge in [0, 0.05) is 22.9 Å². The number of hydrogen-bond donors (Lipinski definition) is 1. The molecule has 3 heterocycles. The number of nitrogens with zero attached hydrogens (tertiary/aromatic N) is 2. The van der Waals surface area contributed by atoms with Crippen molar-refractivity contribution in [3.05, 3.63) is 83.2 Å². The van der Waals surface area contributed by atoms with E-state index in [4.69, 9.17) is 18.6 Å². The maximum Gasteiger partial charge on any atom is 0.338 e. The Hall–Kier alpha value is -4.53. The summed E-state index contributed by atoms with van der Waals surface area (Å²) in [5.74, 6) is 1.02. The Morgan fingerprint density at radius 2 is 1.91 bits per heavy atom. The van der Waals surface area contributed by atoms with Crippen LogP contribution in [0.4, 0.5) is 5.69 Å². The van der Waals surface area contributed by atoms with Gasteiger partial charge < -0.3 is 18.6 Å². The number of aromatic amines is 1. The summed E-state index contributed by atoms with van der Waals surface area (Å²) in [6, 6.07) is 15.2. The number of anilines is 1. The van der Waals surface area contributed by atoms with Crippen molar-refractivity contribution in [3.8, 4) is 23.0 Å². The zero-order valence-corrected chi connectivity index (χ0v) is 19.4. The molecule has 1 N–H and O–H groups in total. The normalized spacial score (nSPS) is 14.7. The molecule has 1 atom stereocenters. The highest BCUT2D eigenvalue weighted by atomic mass is 16.5. The zero-order chi connectivity index (χ0) is 24.5. The number of carbonyl (C=O) groups is 2. The topological polar surface area (TPSA) is 107 Å². The van der Waals surface area contributed by atoms with Gasteiger partial charge in [-0.3, -0.25) is 14.8 Å². The van der Waals surface area contributed by atoms with Crippen molar-refractivity contribution in [1.82, 2.24) is 10.2 Å². The molecule has 178 valence electrons. The molecule has 35 heavy (non-hydrogen) atoms. The molecule has 0 unspecified atom stereocenters. The second kappa shape index (κ2) is 9.02. The minimum absolute atomic E-state index is 0.279. The van der Waals surface area contributed by atoms with E-state index in [2.05, 4.69) is 10.2 Å². The first-order chi connectivity index (χ1) is 17.1. The molecule has 4 aromatic rings. The highest BCUT2D eigenvalue weighted by Crippen LogP contribution is 2.47. The Labute approximate surface area is 201 Å². The van der Waals surface area contributed by atoms with Crippen LogP contribution in [0.25, 0.3) is 11.5 Å². The van der Waals surface area contributed by atoms with E-state index in [1.165, 1.54) is 0 Å². The predicted octanol–water partition coefficient (Wildman–Crippen LogP) is 4.61. The van der Waals surface area contributed by atoms with E-state index in [9.17, 15) is 9.59 Å². The van der Waals surface area contributed by atoms with Gasteiger partial charge in [0.2, 0.25) is 0 Å². The van der Waals surface area contributed by atoms with Gasteiger partial charge in [0.05, 0.1) is 38.7 Å². The monoisotopic (exact) mass is 473 g/mol. The number of hydrogen-bond acceptors (Lipinski definition) is 7. The molecule has 2 aromatic carbocycles. The van der Waals surface area contributed by atoms with Crippen molar-refractivity contribution in [2.45, 2.75) is 13.0 Å². The number of carbonyl (C=O) groups excluding carboxylic acids is 2. The fraction of sp³-hybridized carbons (Fsp3) is 0.192. The molecule has 1 aliphatic rings. The Morgan fingerprint density at radius 3 is 2.57 bits per heavy atom. The SMILES string of the molecule is CCOC(=O)c1ccc(N2C(=O)c3n[nH]c(-c4ccco4)c3[C@@H]2c2ccc(OC)cc2OC)cc1. The number of esters is 1. The lowest BCUT2D eigenvalue weighted by Gasteiger charge is -2.27. The molecule has 9 heteroatoms. The summed E-state index contributed by atoms with van der Waals surface area (Å²) in [7, 11) is 3.14. The van der Waals surface area contributed by atoms with Crippen molar-refractivity contribution in [3.63, 3.8) is 0 Å². The maximum atomic E-state index is 13.7. The molecule has 0 radical (unpaired) electrons. The lowest BCUT2D eigenvalue weighted by atomic mass is 9.96. The Bertz CT molecular complexity index is 1370. The van der Waals surface area contributed by atoms with Crippen molar-refractivity contribution >= 4 is 17.6 Å². The van der Waals surface area contributed by atoms with Crippen molar-refractivity contribution < 1.29 is 28.2 Å². The molecule has 0 saturated carbocycles. The third-order valence-corrected chi connectivity index (χ3v) is 5.92. The standard InChI is InChI=1S/C26H23N3O6/c1-4-34-26(31)15-7-9-16(10-8-15)29-24(18-12-11-17(32-2)14-20(18)33-3)21-22(19-6-5-13-35-19)27-28-23(21)25(29)30/h5-14,24H,4H2,1-3H3,(H,27,28)/t24-/m0/s1. The van der Waals surface area contributed by atoms with E-state index in [0.29, 0.717) is 39.8 Å². The summed E-state index contributed by atoms with van der Waals surface area (Å²) in [4.78, 5) is 27.4. The molecule has 1 aliphatic heterocycles. The van der Waals surface area contributed by atoms with Gasteiger partial charge in [0.25, 0.3) is 5.91 Å². The molecule has 5 rings (SSSR count). The maximum absolute atomic E-state index is 13.7. The molecule has 2 aromatic heterocycles. The summed E-state index contributed by atoms with van der Waals surface area (Å²) in [5.41, 5.74) is 3.29. The van der Waals surface area contributed by atoms with Crippen molar-refractivity contribution in [2.75, 3.05) is 25.7 Å². The largest absolute Gasteiger partial charge is 0.497 e. The number of furan rings is 1. The number of nitrogens with one attached hydrogen (secondary N) is 1. The second-order valence-corrected chi connectivity index (χ2v) is 7.79. The number of methoxy groups -OCH3 is 2. The number of benzene rings is 2. The lowest BCUT2D eigenvalue weighted by Crippen LogP contribution is -2.29. The molecule has 0 aliphatic carbocycles. The molecule has 1 amide bonds. The van der Waals surface area contributed by atoms with E-state index in [1.807, 2.05) is 12.1 Å². The van der Waals surface area contributed by atoms with Gasteiger partial charge in [-0.1, -0.05) is 0 Å². The Kier molecular flexibility index (Phi) is 5.74. The van der Waals surface area contributed by atoms with Crippen LogP contribution in [0.1, 0.15) is 44.9 Å². The van der Waals surface area contributed by atoms with Gasteiger partial charge >= 0.3 is 5.97 Å². The first-order valence-corrected chi connectivity index (χ1v) is 11.0. The number of ether oxygens (including phenoxy) is 3. The van der Waals surface area contributed by atoms with Crippen LogP contribution in [-0.2, 0) is 4.74 Å². The van der Waals surface area contributed by atoms with Crippen LogP contribution in [0.5, 0.6) is 11.5 Å². The fourth-order valence-electron chi connectivity index (χ4n) is 4.33. The summed E-state index contributed by atoms with van der Waals surface area (Å²) < 4.78 is 21.7. The third kappa shape index (κ3) is 3.71. The van der Waals surface area contributed by atoms with Crippen LogP contribution in [0, 0.1) is 0 Å². The summed E-state index contributed by atoms with van der Waals surface area (Å²) in [6.45, 7) is 2.03. The van der Waals surface area contributed by atoms with Crippen LogP contribution < -0.4 is 14.4 Å². The molecular weight excluding hydrogens is 450 g/mol. The quantitative estimate of drug-likeness (QED) is 0.391.